The lowest BCUT2D eigenvalue weighted by atomic mass is 10.0. The number of aliphatic imine (C=N–C) groups is 2. The molecule has 42 heavy (non-hydrogen) atoms. The Kier molecular flexibility index (Phi) is 5.74. The van der Waals surface area contributed by atoms with Crippen molar-refractivity contribution >= 4 is 55.2 Å². The molecule has 0 spiro atoms. The first-order valence-electron chi connectivity index (χ1n) is 14.3. The van der Waals surface area contributed by atoms with Crippen molar-refractivity contribution in [1.82, 2.24) is 4.57 Å². The van der Waals surface area contributed by atoms with Crippen LogP contribution in [0.25, 0.3) is 49.2 Å². The van der Waals surface area contributed by atoms with Crippen molar-refractivity contribution in [3.05, 3.63) is 138 Å². The zero-order valence-corrected chi connectivity index (χ0v) is 23.0. The molecule has 0 saturated carbocycles. The standard InChI is InChI=1S/C37H28N4O/c38-36(40-37(26-11-5-2-6-12-26)39-23-24-9-3-1-4-10-24)28-14-7-15-29(21-28)41-31-16-8-13-25-17-18-30-34(33(25)31)32(41)22-27-19-20-42-35(27)30/h1,3-5,7-22H,2,6,23H2,(H2,38,39,40). The van der Waals surface area contributed by atoms with Gasteiger partial charge >= 0.3 is 0 Å². The Hall–Kier alpha value is -5.42. The smallest absolute Gasteiger partial charge is 0.156 e. The van der Waals surface area contributed by atoms with E-state index in [1.165, 1.54) is 16.2 Å². The van der Waals surface area contributed by atoms with E-state index in [0.717, 1.165) is 62.6 Å². The molecule has 2 aromatic heterocycles. The van der Waals surface area contributed by atoms with E-state index in [9.17, 15) is 0 Å². The van der Waals surface area contributed by atoms with Crippen LogP contribution in [0.5, 0.6) is 0 Å². The third kappa shape index (κ3) is 4.01. The predicted molar refractivity (Wildman–Crippen MR) is 174 cm³/mol. The van der Waals surface area contributed by atoms with Crippen LogP contribution in [0.4, 0.5) is 0 Å². The summed E-state index contributed by atoms with van der Waals surface area (Å²) in [4.78, 5) is 9.79. The van der Waals surface area contributed by atoms with Crippen LogP contribution in [-0.2, 0) is 6.54 Å². The van der Waals surface area contributed by atoms with Crippen LogP contribution < -0.4 is 5.73 Å². The number of furan rings is 1. The van der Waals surface area contributed by atoms with Gasteiger partial charge in [0, 0.05) is 38.4 Å². The van der Waals surface area contributed by atoms with Gasteiger partial charge in [-0.15, -0.1) is 0 Å². The maximum absolute atomic E-state index is 6.72. The van der Waals surface area contributed by atoms with Gasteiger partial charge in [-0.05, 0) is 60.2 Å². The Bertz CT molecular complexity index is 2230. The van der Waals surface area contributed by atoms with Gasteiger partial charge in [0.1, 0.15) is 11.4 Å². The number of nitrogens with two attached hydrogens (primary N) is 1. The molecule has 1 aliphatic carbocycles. The minimum atomic E-state index is 0.439. The molecular weight excluding hydrogens is 516 g/mol. The zero-order chi connectivity index (χ0) is 28.0. The second-order valence-corrected chi connectivity index (χ2v) is 10.7. The summed E-state index contributed by atoms with van der Waals surface area (Å²) in [5, 5.41) is 5.87. The Morgan fingerprint density at radius 3 is 2.60 bits per heavy atom. The molecule has 0 saturated heterocycles. The Balaban J connectivity index is 1.27. The normalized spacial score (nSPS) is 14.5. The van der Waals surface area contributed by atoms with Crippen LogP contribution in [0.15, 0.2) is 142 Å². The maximum Gasteiger partial charge on any atom is 0.156 e. The molecule has 0 fully saturated rings. The van der Waals surface area contributed by atoms with Crippen molar-refractivity contribution in [2.75, 3.05) is 0 Å². The molecule has 8 rings (SSSR count). The van der Waals surface area contributed by atoms with Crippen LogP contribution >= 0.6 is 0 Å². The minimum absolute atomic E-state index is 0.439. The summed E-state index contributed by atoms with van der Waals surface area (Å²) in [6.45, 7) is 0.542. The van der Waals surface area contributed by atoms with Crippen LogP contribution in [0.3, 0.4) is 0 Å². The van der Waals surface area contributed by atoms with Gasteiger partial charge < -0.3 is 14.7 Å². The van der Waals surface area contributed by atoms with E-state index in [0.29, 0.717) is 18.2 Å². The predicted octanol–water partition coefficient (Wildman–Crippen LogP) is 8.70. The van der Waals surface area contributed by atoms with Crippen molar-refractivity contribution in [3.63, 3.8) is 0 Å². The van der Waals surface area contributed by atoms with Gasteiger partial charge in [0.2, 0.25) is 0 Å². The monoisotopic (exact) mass is 544 g/mol. The zero-order valence-electron chi connectivity index (χ0n) is 23.0. The molecule has 5 heteroatoms. The number of rotatable bonds is 5. The number of amidine groups is 2. The first kappa shape index (κ1) is 24.4. The van der Waals surface area contributed by atoms with Gasteiger partial charge in [-0.25, -0.2) is 4.99 Å². The number of hydrogen-bond acceptors (Lipinski definition) is 2. The molecule has 2 N–H and O–H groups in total. The van der Waals surface area contributed by atoms with Crippen molar-refractivity contribution in [2.24, 2.45) is 15.7 Å². The third-order valence-corrected chi connectivity index (χ3v) is 8.13. The molecule has 0 unspecified atom stereocenters. The molecular formula is C37H28N4O. The summed E-state index contributed by atoms with van der Waals surface area (Å²) in [6.07, 6.45) is 10.2. The first-order chi connectivity index (χ1) is 20.7. The van der Waals surface area contributed by atoms with Crippen molar-refractivity contribution < 1.29 is 4.42 Å². The van der Waals surface area contributed by atoms with Gasteiger partial charge in [0.05, 0.1) is 23.8 Å². The molecule has 7 aromatic rings. The van der Waals surface area contributed by atoms with Gasteiger partial charge in [-0.1, -0.05) is 78.9 Å². The fraction of sp³-hybridized carbons (Fsp3) is 0.0811. The largest absolute Gasteiger partial charge is 0.464 e. The second kappa shape index (κ2) is 9.89. The molecule has 5 aromatic carbocycles. The average molecular weight is 545 g/mol. The van der Waals surface area contributed by atoms with Crippen molar-refractivity contribution in [2.45, 2.75) is 19.4 Å². The molecule has 2 heterocycles. The number of aromatic nitrogens is 1. The van der Waals surface area contributed by atoms with E-state index in [4.69, 9.17) is 20.1 Å². The van der Waals surface area contributed by atoms with E-state index in [1.54, 1.807) is 6.26 Å². The van der Waals surface area contributed by atoms with Crippen LogP contribution in [-0.4, -0.2) is 16.2 Å². The Morgan fingerprint density at radius 2 is 1.71 bits per heavy atom. The lowest BCUT2D eigenvalue weighted by molar-refractivity contribution is 0.619. The Morgan fingerprint density at radius 1 is 0.810 bits per heavy atom. The molecule has 0 bridgehead atoms. The fourth-order valence-electron chi connectivity index (χ4n) is 6.16. The summed E-state index contributed by atoms with van der Waals surface area (Å²) < 4.78 is 8.24. The van der Waals surface area contributed by atoms with E-state index < -0.39 is 0 Å². The van der Waals surface area contributed by atoms with E-state index in [-0.39, 0.29) is 0 Å². The molecule has 0 amide bonds. The number of hydrogen-bond donors (Lipinski definition) is 1. The van der Waals surface area contributed by atoms with Gasteiger partial charge in [0.15, 0.2) is 5.84 Å². The average Bonchev–Trinajstić information content (AvgIpc) is 3.66. The summed E-state index contributed by atoms with van der Waals surface area (Å²) in [7, 11) is 0. The number of fused-ring (bicyclic) bond motifs is 2. The van der Waals surface area contributed by atoms with E-state index in [2.05, 4.69) is 83.5 Å². The second-order valence-electron chi connectivity index (χ2n) is 10.7. The first-order valence-corrected chi connectivity index (χ1v) is 14.3. The summed E-state index contributed by atoms with van der Waals surface area (Å²) in [6, 6.07) is 33.6. The molecule has 0 atom stereocenters. The molecule has 0 radical (unpaired) electrons. The topological polar surface area (TPSA) is 68.8 Å². The van der Waals surface area contributed by atoms with E-state index in [1.807, 2.05) is 36.4 Å². The summed E-state index contributed by atoms with van der Waals surface area (Å²) >= 11 is 0. The van der Waals surface area contributed by atoms with E-state index >= 15 is 0 Å². The maximum atomic E-state index is 6.72. The quantitative estimate of drug-likeness (QED) is 0.134. The van der Waals surface area contributed by atoms with Crippen LogP contribution in [0.1, 0.15) is 24.0 Å². The summed E-state index contributed by atoms with van der Waals surface area (Å²) in [5.41, 5.74) is 14.0. The highest BCUT2D eigenvalue weighted by molar-refractivity contribution is 6.29. The number of allylic oxidation sites excluding steroid dienone is 2. The summed E-state index contributed by atoms with van der Waals surface area (Å²) in [5.74, 6) is 1.09. The van der Waals surface area contributed by atoms with Gasteiger partial charge in [-0.2, -0.15) is 0 Å². The SMILES string of the molecule is NC(=NC(=NCc1ccccc1)C1=CCCC=C1)c1cccc(-n2c3cccc4ccc5c6occc6cc2c5c43)c1. The number of benzene rings is 5. The molecule has 0 aliphatic heterocycles. The molecule has 202 valence electrons. The van der Waals surface area contributed by atoms with Crippen molar-refractivity contribution in [3.8, 4) is 5.69 Å². The minimum Gasteiger partial charge on any atom is -0.464 e. The number of nitrogens with zero attached hydrogens (tertiary/aromatic N) is 3. The van der Waals surface area contributed by atoms with Gasteiger partial charge in [-0.3, -0.25) is 4.99 Å². The molecule has 5 nitrogen and oxygen atoms in total. The molecule has 1 aliphatic rings. The fourth-order valence-corrected chi connectivity index (χ4v) is 6.16. The highest BCUT2D eigenvalue weighted by Gasteiger charge is 2.20. The lowest BCUT2D eigenvalue weighted by Gasteiger charge is -2.11. The van der Waals surface area contributed by atoms with Crippen LogP contribution in [0, 0.1) is 0 Å². The lowest BCUT2D eigenvalue weighted by Crippen LogP contribution is -2.17. The third-order valence-electron chi connectivity index (χ3n) is 8.13. The Labute approximate surface area is 242 Å². The highest BCUT2D eigenvalue weighted by atomic mass is 16.3. The highest BCUT2D eigenvalue weighted by Crippen LogP contribution is 2.42. The van der Waals surface area contributed by atoms with Crippen molar-refractivity contribution in [1.29, 1.82) is 0 Å². The van der Waals surface area contributed by atoms with Gasteiger partial charge in [0.25, 0.3) is 0 Å². The van der Waals surface area contributed by atoms with Crippen LogP contribution in [0.2, 0.25) is 0 Å².